The van der Waals surface area contributed by atoms with E-state index in [0.717, 1.165) is 33.4 Å². The smallest absolute Gasteiger partial charge is 0.407 e. The topological polar surface area (TPSA) is 173 Å². The zero-order valence-electron chi connectivity index (χ0n) is 40.5. The Morgan fingerprint density at radius 1 is 0.739 bits per heavy atom. The molecule has 0 radical (unpaired) electrons. The first-order valence-electron chi connectivity index (χ1n) is 23.2. The number of alkyl carbamates (subject to hydrolysis) is 1. The van der Waals surface area contributed by atoms with Gasteiger partial charge in [-0.15, -0.1) is 0 Å². The summed E-state index contributed by atoms with van der Waals surface area (Å²) in [5.74, 6) is -3.59. The molecule has 0 bridgehead atoms. The maximum absolute atomic E-state index is 14.3. The Hall–Kier alpha value is -6.32. The monoisotopic (exact) mass is 969 g/mol. The normalized spacial score (nSPS) is 14.2. The van der Waals surface area contributed by atoms with Crippen molar-refractivity contribution in [1.29, 1.82) is 0 Å². The fourth-order valence-electron chi connectivity index (χ4n) is 8.36. The van der Waals surface area contributed by atoms with Crippen molar-refractivity contribution in [3.8, 4) is 11.1 Å². The summed E-state index contributed by atoms with van der Waals surface area (Å²) >= 11 is 6.17. The van der Waals surface area contributed by atoms with Crippen LogP contribution in [0.1, 0.15) is 75.1 Å². The minimum atomic E-state index is -1.39. The molecular weight excluding hydrogens is 905 g/mol. The zero-order valence-corrected chi connectivity index (χ0v) is 41.2. The summed E-state index contributed by atoms with van der Waals surface area (Å²) in [4.78, 5) is 84.7. The molecule has 0 aromatic heterocycles. The van der Waals surface area contributed by atoms with Gasteiger partial charge in [0.1, 0.15) is 24.3 Å². The quantitative estimate of drug-likeness (QED) is 0.0659. The Kier molecular flexibility index (Phi) is 19.7. The van der Waals surface area contributed by atoms with Crippen LogP contribution in [0.25, 0.3) is 11.1 Å². The molecule has 4 aromatic rings. The Morgan fingerprint density at radius 2 is 1.33 bits per heavy atom. The van der Waals surface area contributed by atoms with Crippen molar-refractivity contribution >= 4 is 47.3 Å². The average molecular weight is 971 g/mol. The van der Waals surface area contributed by atoms with Crippen LogP contribution in [0.5, 0.6) is 0 Å². The van der Waals surface area contributed by atoms with Gasteiger partial charge < -0.3 is 40.0 Å². The lowest BCUT2D eigenvalue weighted by Gasteiger charge is -2.32. The lowest BCUT2D eigenvalue weighted by atomic mass is 9.94. The van der Waals surface area contributed by atoms with E-state index in [9.17, 15) is 33.2 Å². The highest BCUT2D eigenvalue weighted by Crippen LogP contribution is 2.44. The predicted molar refractivity (Wildman–Crippen MR) is 262 cm³/mol. The molecule has 370 valence electrons. The highest BCUT2D eigenvalue weighted by atomic mass is 35.5. The fourth-order valence-corrected chi connectivity index (χ4v) is 8.48. The highest BCUT2D eigenvalue weighted by molar-refractivity contribution is 6.30. The largest absolute Gasteiger partial charge is 0.460 e. The maximum atomic E-state index is 14.3. The number of hydrogen-bond donors (Lipinski definition) is 3. The SMILES string of the molecule is COC[C@H](NC(=O)[C@H](CCF)NC(=O)OCC1c2ccccc2-c2ccccc21)C(=O)N(C)[C@H](CC(=O)NC[C@H](C)N(C)C(=O)[C@@H](CC(=O)OC(C)(C)C)Cc1ccccc1)Cc1ccc(Cl)cc1. The third-order valence-electron chi connectivity index (χ3n) is 12.1. The molecule has 16 heteroatoms. The molecule has 5 amide bonds. The van der Waals surface area contributed by atoms with Crippen LogP contribution in [0.2, 0.25) is 5.02 Å². The predicted octanol–water partition coefficient (Wildman–Crippen LogP) is 7.05. The van der Waals surface area contributed by atoms with Crippen LogP contribution >= 0.6 is 11.6 Å². The molecule has 0 saturated carbocycles. The number of hydrogen-bond acceptors (Lipinski definition) is 9. The first-order valence-corrected chi connectivity index (χ1v) is 23.5. The summed E-state index contributed by atoms with van der Waals surface area (Å²) in [7, 11) is 4.48. The van der Waals surface area contributed by atoms with Gasteiger partial charge in [-0.05, 0) is 86.1 Å². The van der Waals surface area contributed by atoms with Gasteiger partial charge >= 0.3 is 12.1 Å². The van der Waals surface area contributed by atoms with Crippen LogP contribution in [-0.4, -0.2) is 123 Å². The molecule has 69 heavy (non-hydrogen) atoms. The number of esters is 1. The second kappa shape index (κ2) is 25.3. The van der Waals surface area contributed by atoms with E-state index in [1.807, 2.05) is 78.9 Å². The molecule has 0 unspecified atom stereocenters. The minimum Gasteiger partial charge on any atom is -0.460 e. The number of nitrogens with one attached hydrogen (secondary N) is 3. The Morgan fingerprint density at radius 3 is 1.93 bits per heavy atom. The molecule has 14 nitrogen and oxygen atoms in total. The van der Waals surface area contributed by atoms with E-state index in [1.165, 1.54) is 24.0 Å². The highest BCUT2D eigenvalue weighted by Gasteiger charge is 2.35. The molecule has 0 aliphatic heterocycles. The molecule has 1 aliphatic rings. The Balaban J connectivity index is 1.23. The van der Waals surface area contributed by atoms with Crippen molar-refractivity contribution in [3.05, 3.63) is 130 Å². The first kappa shape index (κ1) is 53.6. The van der Waals surface area contributed by atoms with Crippen molar-refractivity contribution in [1.82, 2.24) is 25.8 Å². The number of alkyl halides is 1. The summed E-state index contributed by atoms with van der Waals surface area (Å²) in [5.41, 5.74) is 5.01. The molecule has 1 aliphatic carbocycles. The van der Waals surface area contributed by atoms with Gasteiger partial charge in [-0.3, -0.25) is 28.4 Å². The van der Waals surface area contributed by atoms with Crippen LogP contribution in [0.4, 0.5) is 9.18 Å². The number of benzene rings is 4. The number of rotatable bonds is 23. The number of nitrogens with zero attached hydrogens (tertiary/aromatic N) is 2. The molecule has 3 N–H and O–H groups in total. The van der Waals surface area contributed by atoms with E-state index in [2.05, 4.69) is 16.0 Å². The van der Waals surface area contributed by atoms with Crippen LogP contribution in [0.3, 0.4) is 0 Å². The standard InChI is InChI=1S/C53H65ClFN5O9/c1-34(59(5)50(64)37(27-35-15-9-8-10-16-35)29-48(62)69-53(2,3)4)31-56-47(61)30-39(28-36-21-23-38(54)24-22-36)60(6)51(65)46(33-67-7)57-49(63)45(25-26-55)58-52(66)68-32-44-42-19-13-11-17-40(42)41-18-12-14-20-43(41)44/h8-24,34,37,39,44-46H,25-33H2,1-7H3,(H,56,61)(H,57,63)(H,58,66)/t34-,37+,39-,45-,46-/m0/s1. The number of carbonyl (C=O) groups excluding carboxylic acids is 6. The third kappa shape index (κ3) is 15.6. The molecular formula is C53H65ClFN5O9. The van der Waals surface area contributed by atoms with E-state index in [4.69, 9.17) is 25.8 Å². The lowest BCUT2D eigenvalue weighted by Crippen LogP contribution is -2.57. The number of methoxy groups -OCH3 is 1. The Labute approximate surface area is 409 Å². The van der Waals surface area contributed by atoms with Crippen molar-refractivity contribution in [2.45, 2.75) is 95.5 Å². The van der Waals surface area contributed by atoms with Gasteiger partial charge in [0.2, 0.25) is 23.6 Å². The van der Waals surface area contributed by atoms with Gasteiger partial charge in [-0.25, -0.2) is 4.79 Å². The van der Waals surface area contributed by atoms with E-state index in [1.54, 1.807) is 59.0 Å². The fraction of sp³-hybridized carbons (Fsp3) is 0.434. The second-order valence-electron chi connectivity index (χ2n) is 18.4. The molecule has 0 saturated heterocycles. The van der Waals surface area contributed by atoms with E-state index in [0.29, 0.717) is 11.4 Å². The van der Waals surface area contributed by atoms with Crippen LogP contribution in [0, 0.1) is 5.92 Å². The van der Waals surface area contributed by atoms with E-state index >= 15 is 0 Å². The second-order valence-corrected chi connectivity index (χ2v) is 18.9. The Bertz CT molecular complexity index is 2340. The summed E-state index contributed by atoms with van der Waals surface area (Å²) in [6.07, 6.45) is -1.10. The van der Waals surface area contributed by atoms with Gasteiger partial charge in [0.05, 0.1) is 25.6 Å². The maximum Gasteiger partial charge on any atom is 0.407 e. The van der Waals surface area contributed by atoms with Crippen molar-refractivity contribution in [2.75, 3.05) is 47.6 Å². The number of ether oxygens (including phenoxy) is 3. The molecule has 4 aromatic carbocycles. The van der Waals surface area contributed by atoms with Gasteiger partial charge in [0.15, 0.2) is 0 Å². The van der Waals surface area contributed by atoms with Gasteiger partial charge in [-0.2, -0.15) is 0 Å². The number of carbonyl (C=O) groups is 6. The summed E-state index contributed by atoms with van der Waals surface area (Å²) < 4.78 is 30.4. The number of halogens is 2. The molecule has 0 fully saturated rings. The van der Waals surface area contributed by atoms with Crippen LogP contribution < -0.4 is 16.0 Å². The van der Waals surface area contributed by atoms with E-state index in [-0.39, 0.29) is 50.8 Å². The van der Waals surface area contributed by atoms with Gasteiger partial charge in [0.25, 0.3) is 0 Å². The third-order valence-corrected chi connectivity index (χ3v) is 12.4. The molecule has 5 rings (SSSR count). The molecule has 5 atom stereocenters. The molecule has 0 heterocycles. The minimum absolute atomic E-state index is 0.0270. The number of fused-ring (bicyclic) bond motifs is 3. The van der Waals surface area contributed by atoms with E-state index < -0.39 is 78.6 Å². The lowest BCUT2D eigenvalue weighted by molar-refractivity contribution is -0.158. The molecule has 0 spiro atoms. The van der Waals surface area contributed by atoms with Crippen LogP contribution in [-0.2, 0) is 51.0 Å². The summed E-state index contributed by atoms with van der Waals surface area (Å²) in [6, 6.07) is 28.1. The van der Waals surface area contributed by atoms with Crippen molar-refractivity contribution < 1.29 is 47.4 Å². The van der Waals surface area contributed by atoms with Crippen LogP contribution in [0.15, 0.2) is 103 Å². The number of amides is 5. The zero-order chi connectivity index (χ0) is 50.3. The average Bonchev–Trinajstić information content (AvgIpc) is 3.64. The van der Waals surface area contributed by atoms with Crippen molar-refractivity contribution in [2.24, 2.45) is 5.92 Å². The summed E-state index contributed by atoms with van der Waals surface area (Å²) in [6.45, 7) is 5.88. The van der Waals surface area contributed by atoms with Gasteiger partial charge in [0, 0.05) is 63.6 Å². The van der Waals surface area contributed by atoms with Gasteiger partial charge in [-0.1, -0.05) is 103 Å². The summed E-state index contributed by atoms with van der Waals surface area (Å²) in [5, 5.41) is 8.50. The van der Waals surface area contributed by atoms with Crippen molar-refractivity contribution in [3.63, 3.8) is 0 Å². The first-order chi connectivity index (χ1) is 32.9. The number of likely N-dealkylation sites (N-methyl/N-ethyl adjacent to an activating group) is 2.